The van der Waals surface area contributed by atoms with Gasteiger partial charge in [0.05, 0.1) is 0 Å². The van der Waals surface area contributed by atoms with Gasteiger partial charge in [-0.3, -0.25) is 0 Å². The largest absolute Gasteiger partial charge is 0.314 e. The summed E-state index contributed by atoms with van der Waals surface area (Å²) in [7, 11) is 0. The minimum absolute atomic E-state index is 0.837. The molecule has 0 heterocycles. The van der Waals surface area contributed by atoms with Gasteiger partial charge in [0.1, 0.15) is 0 Å². The lowest BCUT2D eigenvalue weighted by Crippen LogP contribution is -2.32. The van der Waals surface area contributed by atoms with E-state index >= 15 is 0 Å². The van der Waals surface area contributed by atoms with E-state index < -0.39 is 0 Å². The first-order valence-corrected chi connectivity index (χ1v) is 7.01. The van der Waals surface area contributed by atoms with Crippen LogP contribution in [0.15, 0.2) is 0 Å². The van der Waals surface area contributed by atoms with Crippen LogP contribution in [0, 0.1) is 11.8 Å². The van der Waals surface area contributed by atoms with E-state index in [4.69, 9.17) is 0 Å². The van der Waals surface area contributed by atoms with Crippen molar-refractivity contribution in [1.82, 2.24) is 5.32 Å². The summed E-state index contributed by atoms with van der Waals surface area (Å²) >= 11 is 0. The molecule has 0 bridgehead atoms. The fourth-order valence-electron chi connectivity index (χ4n) is 2.43. The third-order valence-corrected chi connectivity index (χ3v) is 3.60. The SMILES string of the molecule is CCCNC(CCC(C)CCC)C1CC1. The van der Waals surface area contributed by atoms with Crippen LogP contribution in [0.25, 0.3) is 0 Å². The quantitative estimate of drug-likeness (QED) is 0.608. The van der Waals surface area contributed by atoms with E-state index in [0.29, 0.717) is 0 Å². The molecule has 15 heavy (non-hydrogen) atoms. The molecule has 1 rings (SSSR count). The highest BCUT2D eigenvalue weighted by molar-refractivity contribution is 4.86. The third-order valence-electron chi connectivity index (χ3n) is 3.60. The maximum atomic E-state index is 3.73. The van der Waals surface area contributed by atoms with Crippen LogP contribution in [0.2, 0.25) is 0 Å². The highest BCUT2D eigenvalue weighted by Crippen LogP contribution is 2.35. The standard InChI is InChI=1S/C14H29N/c1-4-6-12(3)7-10-14(13-8-9-13)15-11-5-2/h12-15H,4-11H2,1-3H3. The molecule has 2 unspecified atom stereocenters. The van der Waals surface area contributed by atoms with Crippen LogP contribution in [-0.4, -0.2) is 12.6 Å². The molecule has 2 atom stereocenters. The highest BCUT2D eigenvalue weighted by Gasteiger charge is 2.30. The van der Waals surface area contributed by atoms with Crippen LogP contribution in [0.5, 0.6) is 0 Å². The summed E-state index contributed by atoms with van der Waals surface area (Å²) in [6.07, 6.45) is 9.81. The first kappa shape index (κ1) is 13.0. The van der Waals surface area contributed by atoms with E-state index in [1.165, 1.54) is 51.5 Å². The summed E-state index contributed by atoms with van der Waals surface area (Å²) in [5.41, 5.74) is 0. The molecule has 1 nitrogen and oxygen atoms in total. The summed E-state index contributed by atoms with van der Waals surface area (Å²) in [5, 5.41) is 3.73. The number of rotatable bonds is 9. The highest BCUT2D eigenvalue weighted by atomic mass is 14.9. The molecule has 1 aliphatic rings. The zero-order chi connectivity index (χ0) is 11.1. The Labute approximate surface area is 96.0 Å². The van der Waals surface area contributed by atoms with Gasteiger partial charge in [-0.2, -0.15) is 0 Å². The van der Waals surface area contributed by atoms with Gasteiger partial charge in [-0.15, -0.1) is 0 Å². The van der Waals surface area contributed by atoms with E-state index in [0.717, 1.165) is 17.9 Å². The van der Waals surface area contributed by atoms with Crippen LogP contribution in [0.3, 0.4) is 0 Å². The van der Waals surface area contributed by atoms with E-state index in [9.17, 15) is 0 Å². The average Bonchev–Trinajstić information content (AvgIpc) is 3.02. The molecule has 0 saturated heterocycles. The molecule has 0 aromatic rings. The molecule has 1 N–H and O–H groups in total. The van der Waals surface area contributed by atoms with Gasteiger partial charge in [0.2, 0.25) is 0 Å². The van der Waals surface area contributed by atoms with Crippen molar-refractivity contribution in [3.63, 3.8) is 0 Å². The molecule has 1 saturated carbocycles. The molecular formula is C14H29N. The van der Waals surface area contributed by atoms with Crippen molar-refractivity contribution < 1.29 is 0 Å². The molecule has 0 aliphatic heterocycles. The van der Waals surface area contributed by atoms with Gasteiger partial charge in [0.25, 0.3) is 0 Å². The summed E-state index contributed by atoms with van der Waals surface area (Å²) in [5.74, 6) is 1.95. The predicted molar refractivity (Wildman–Crippen MR) is 68.1 cm³/mol. The Hall–Kier alpha value is -0.0400. The smallest absolute Gasteiger partial charge is 0.00954 e. The second kappa shape index (κ2) is 7.27. The Bertz CT molecular complexity index is 151. The van der Waals surface area contributed by atoms with E-state index in [1.54, 1.807) is 0 Å². The van der Waals surface area contributed by atoms with Gasteiger partial charge in [-0.05, 0) is 50.5 Å². The van der Waals surface area contributed by atoms with Gasteiger partial charge in [0, 0.05) is 6.04 Å². The fourth-order valence-corrected chi connectivity index (χ4v) is 2.43. The van der Waals surface area contributed by atoms with Crippen LogP contribution >= 0.6 is 0 Å². The minimum Gasteiger partial charge on any atom is -0.314 e. The van der Waals surface area contributed by atoms with Crippen molar-refractivity contribution in [2.75, 3.05) is 6.54 Å². The molecule has 1 aliphatic carbocycles. The molecule has 1 heteroatoms. The Morgan fingerprint density at radius 3 is 2.33 bits per heavy atom. The Kier molecular flexibility index (Phi) is 6.31. The molecule has 0 aromatic heterocycles. The molecule has 0 spiro atoms. The zero-order valence-electron chi connectivity index (χ0n) is 10.9. The zero-order valence-corrected chi connectivity index (χ0v) is 10.9. The van der Waals surface area contributed by atoms with Crippen LogP contribution in [0.4, 0.5) is 0 Å². The normalized spacial score (nSPS) is 20.2. The number of hydrogen-bond donors (Lipinski definition) is 1. The number of hydrogen-bond acceptors (Lipinski definition) is 1. The van der Waals surface area contributed by atoms with E-state index in [1.807, 2.05) is 0 Å². The summed E-state index contributed by atoms with van der Waals surface area (Å²) in [6, 6.07) is 0.837. The lowest BCUT2D eigenvalue weighted by molar-refractivity contribution is 0.375. The van der Waals surface area contributed by atoms with Crippen molar-refractivity contribution in [2.45, 2.75) is 71.8 Å². The Morgan fingerprint density at radius 1 is 1.07 bits per heavy atom. The van der Waals surface area contributed by atoms with Crippen molar-refractivity contribution >= 4 is 0 Å². The van der Waals surface area contributed by atoms with Gasteiger partial charge < -0.3 is 5.32 Å². The van der Waals surface area contributed by atoms with Crippen LogP contribution < -0.4 is 5.32 Å². The molecular weight excluding hydrogens is 182 g/mol. The second-order valence-electron chi connectivity index (χ2n) is 5.37. The second-order valence-corrected chi connectivity index (χ2v) is 5.37. The average molecular weight is 211 g/mol. The maximum Gasteiger partial charge on any atom is 0.00954 e. The first-order valence-electron chi connectivity index (χ1n) is 7.01. The lowest BCUT2D eigenvalue weighted by Gasteiger charge is -2.20. The molecule has 90 valence electrons. The van der Waals surface area contributed by atoms with Crippen molar-refractivity contribution in [1.29, 1.82) is 0 Å². The lowest BCUT2D eigenvalue weighted by atomic mass is 9.95. The summed E-state index contributed by atoms with van der Waals surface area (Å²) in [6.45, 7) is 8.18. The summed E-state index contributed by atoms with van der Waals surface area (Å²) in [4.78, 5) is 0. The van der Waals surface area contributed by atoms with Crippen LogP contribution in [0.1, 0.15) is 65.7 Å². The van der Waals surface area contributed by atoms with Crippen LogP contribution in [-0.2, 0) is 0 Å². The fraction of sp³-hybridized carbons (Fsp3) is 1.00. The van der Waals surface area contributed by atoms with Gasteiger partial charge in [-0.1, -0.05) is 33.6 Å². The van der Waals surface area contributed by atoms with E-state index in [-0.39, 0.29) is 0 Å². The Balaban J connectivity index is 2.13. The van der Waals surface area contributed by atoms with Gasteiger partial charge in [0.15, 0.2) is 0 Å². The van der Waals surface area contributed by atoms with Crippen molar-refractivity contribution in [3.8, 4) is 0 Å². The Morgan fingerprint density at radius 2 is 1.80 bits per heavy atom. The molecule has 0 amide bonds. The first-order chi connectivity index (χ1) is 7.27. The molecule has 0 aromatic carbocycles. The molecule has 0 radical (unpaired) electrons. The summed E-state index contributed by atoms with van der Waals surface area (Å²) < 4.78 is 0. The van der Waals surface area contributed by atoms with Gasteiger partial charge >= 0.3 is 0 Å². The van der Waals surface area contributed by atoms with Crippen molar-refractivity contribution in [3.05, 3.63) is 0 Å². The van der Waals surface area contributed by atoms with Gasteiger partial charge in [-0.25, -0.2) is 0 Å². The van der Waals surface area contributed by atoms with E-state index in [2.05, 4.69) is 26.1 Å². The molecule has 1 fully saturated rings. The monoisotopic (exact) mass is 211 g/mol. The predicted octanol–water partition coefficient (Wildman–Crippen LogP) is 3.98. The topological polar surface area (TPSA) is 12.0 Å². The van der Waals surface area contributed by atoms with Crippen molar-refractivity contribution in [2.24, 2.45) is 11.8 Å². The minimum atomic E-state index is 0.837. The maximum absolute atomic E-state index is 3.73. The third kappa shape index (κ3) is 5.55. The number of nitrogens with one attached hydrogen (secondary N) is 1.